The van der Waals surface area contributed by atoms with E-state index in [1.165, 1.54) is 0 Å². The molecule has 7 heteroatoms. The number of anilines is 2. The zero-order valence-corrected chi connectivity index (χ0v) is 11.6. The summed E-state index contributed by atoms with van der Waals surface area (Å²) in [6.07, 6.45) is -1.48. The van der Waals surface area contributed by atoms with E-state index in [-0.39, 0.29) is 17.2 Å². The van der Waals surface area contributed by atoms with Gasteiger partial charge in [0.2, 0.25) is 5.95 Å². The fourth-order valence-electron chi connectivity index (χ4n) is 1.69. The number of nitrogens with zero attached hydrogens (tertiary/aromatic N) is 2. The van der Waals surface area contributed by atoms with Crippen molar-refractivity contribution in [1.82, 2.24) is 9.97 Å². The Morgan fingerprint density at radius 3 is 2.50 bits per heavy atom. The summed E-state index contributed by atoms with van der Waals surface area (Å²) in [5, 5.41) is 5.78. The lowest BCUT2D eigenvalue weighted by Gasteiger charge is -2.14. The Morgan fingerprint density at radius 1 is 1.25 bits per heavy atom. The van der Waals surface area contributed by atoms with E-state index < -0.39 is 11.9 Å². The monoisotopic (exact) mass is 288 g/mol. The molecule has 112 valence electrons. The Labute approximate surface area is 116 Å². The Kier molecular flexibility index (Phi) is 4.06. The molecule has 0 bridgehead atoms. The van der Waals surface area contributed by atoms with Crippen LogP contribution in [0.4, 0.5) is 24.9 Å². The van der Waals surface area contributed by atoms with Gasteiger partial charge in [-0.3, -0.25) is 0 Å². The molecule has 1 saturated carbocycles. The van der Waals surface area contributed by atoms with Gasteiger partial charge in [-0.25, -0.2) is 4.98 Å². The fraction of sp³-hybridized carbons (Fsp3) is 0.692. The first-order valence-corrected chi connectivity index (χ1v) is 6.76. The van der Waals surface area contributed by atoms with Crippen LogP contribution in [-0.4, -0.2) is 23.1 Å². The Morgan fingerprint density at radius 2 is 1.95 bits per heavy atom. The van der Waals surface area contributed by atoms with Gasteiger partial charge < -0.3 is 10.6 Å². The van der Waals surface area contributed by atoms with E-state index in [0.717, 1.165) is 25.3 Å². The van der Waals surface area contributed by atoms with Crippen molar-refractivity contribution in [2.45, 2.75) is 39.3 Å². The molecule has 1 fully saturated rings. The molecule has 0 atom stereocenters. The average Bonchev–Trinajstić information content (AvgIpc) is 3.11. The first-order valence-electron chi connectivity index (χ1n) is 6.76. The summed E-state index contributed by atoms with van der Waals surface area (Å²) in [6, 6.07) is 0.961. The number of rotatable bonds is 6. The van der Waals surface area contributed by atoms with E-state index in [4.69, 9.17) is 0 Å². The molecule has 20 heavy (non-hydrogen) atoms. The summed E-state index contributed by atoms with van der Waals surface area (Å²) in [7, 11) is 0. The maximum absolute atomic E-state index is 12.8. The molecule has 0 aliphatic heterocycles. The molecule has 0 saturated heterocycles. The number of hydrogen-bond acceptors (Lipinski definition) is 4. The van der Waals surface area contributed by atoms with Gasteiger partial charge in [-0.15, -0.1) is 0 Å². The molecule has 0 amide bonds. The maximum atomic E-state index is 12.8. The summed E-state index contributed by atoms with van der Waals surface area (Å²) in [6.45, 7) is 5.20. The molecule has 1 aliphatic rings. The third-order valence-corrected chi connectivity index (χ3v) is 3.35. The molecule has 1 aliphatic carbocycles. The van der Waals surface area contributed by atoms with E-state index in [1.807, 2.05) is 6.92 Å². The third-order valence-electron chi connectivity index (χ3n) is 3.35. The van der Waals surface area contributed by atoms with Crippen molar-refractivity contribution in [2.24, 2.45) is 5.41 Å². The molecule has 0 unspecified atom stereocenters. The Hall–Kier alpha value is -1.53. The van der Waals surface area contributed by atoms with Crippen LogP contribution in [0.5, 0.6) is 0 Å². The molecule has 1 aromatic heterocycles. The SMILES string of the molecule is CCCNc1nc(NCC2(C)CC2)cc(C(F)(F)F)n1. The lowest BCUT2D eigenvalue weighted by Crippen LogP contribution is -2.17. The van der Waals surface area contributed by atoms with E-state index in [1.54, 1.807) is 0 Å². The van der Waals surface area contributed by atoms with E-state index in [0.29, 0.717) is 13.1 Å². The zero-order chi connectivity index (χ0) is 14.8. The predicted molar refractivity (Wildman–Crippen MR) is 71.6 cm³/mol. The predicted octanol–water partition coefficient (Wildman–Crippen LogP) is 3.53. The van der Waals surface area contributed by atoms with Crippen molar-refractivity contribution in [3.8, 4) is 0 Å². The van der Waals surface area contributed by atoms with Gasteiger partial charge in [-0.1, -0.05) is 13.8 Å². The quantitative estimate of drug-likeness (QED) is 0.840. The first kappa shape index (κ1) is 14.9. The summed E-state index contributed by atoms with van der Waals surface area (Å²) < 4.78 is 38.4. The lowest BCUT2D eigenvalue weighted by molar-refractivity contribution is -0.141. The molecular formula is C13H19F3N4. The van der Waals surface area contributed by atoms with Crippen molar-refractivity contribution in [2.75, 3.05) is 23.7 Å². The average molecular weight is 288 g/mol. The second-order valence-electron chi connectivity index (χ2n) is 5.55. The molecule has 1 heterocycles. The highest BCUT2D eigenvalue weighted by atomic mass is 19.4. The molecular weight excluding hydrogens is 269 g/mol. The van der Waals surface area contributed by atoms with Crippen molar-refractivity contribution in [3.63, 3.8) is 0 Å². The number of nitrogens with one attached hydrogen (secondary N) is 2. The molecule has 0 aromatic carbocycles. The molecule has 1 aromatic rings. The van der Waals surface area contributed by atoms with Crippen LogP contribution in [0.3, 0.4) is 0 Å². The van der Waals surface area contributed by atoms with Gasteiger partial charge >= 0.3 is 6.18 Å². The lowest BCUT2D eigenvalue weighted by atomic mass is 10.1. The van der Waals surface area contributed by atoms with E-state index in [2.05, 4.69) is 27.5 Å². The number of alkyl halides is 3. The summed E-state index contributed by atoms with van der Waals surface area (Å²) >= 11 is 0. The standard InChI is InChI=1S/C13H19F3N4/c1-3-6-17-11-19-9(13(14,15)16)7-10(20-11)18-8-12(2)4-5-12/h7H,3-6,8H2,1-2H3,(H2,17,18,19,20). The zero-order valence-electron chi connectivity index (χ0n) is 11.6. The van der Waals surface area contributed by atoms with Crippen LogP contribution in [0.2, 0.25) is 0 Å². The highest BCUT2D eigenvalue weighted by Gasteiger charge is 2.37. The minimum absolute atomic E-state index is 0.0186. The Balaban J connectivity index is 2.15. The van der Waals surface area contributed by atoms with Crippen molar-refractivity contribution >= 4 is 11.8 Å². The van der Waals surface area contributed by atoms with Crippen LogP contribution < -0.4 is 10.6 Å². The largest absolute Gasteiger partial charge is 0.433 e. The molecule has 4 nitrogen and oxygen atoms in total. The molecule has 2 rings (SSSR count). The van der Waals surface area contributed by atoms with Crippen LogP contribution >= 0.6 is 0 Å². The number of aromatic nitrogens is 2. The van der Waals surface area contributed by atoms with Crippen molar-refractivity contribution < 1.29 is 13.2 Å². The van der Waals surface area contributed by atoms with Crippen molar-refractivity contribution in [1.29, 1.82) is 0 Å². The molecule has 0 spiro atoms. The second kappa shape index (κ2) is 5.46. The third kappa shape index (κ3) is 3.98. The molecule has 0 radical (unpaired) electrons. The highest BCUT2D eigenvalue weighted by molar-refractivity contribution is 5.43. The van der Waals surface area contributed by atoms with Gasteiger partial charge in [-0.2, -0.15) is 18.2 Å². The number of hydrogen-bond donors (Lipinski definition) is 2. The minimum atomic E-state index is -4.47. The first-order chi connectivity index (χ1) is 9.32. The summed E-state index contributed by atoms with van der Waals surface area (Å²) in [4.78, 5) is 7.60. The smallest absolute Gasteiger partial charge is 0.369 e. The summed E-state index contributed by atoms with van der Waals surface area (Å²) in [5.41, 5.74) is -0.727. The van der Waals surface area contributed by atoms with Crippen LogP contribution in [-0.2, 0) is 6.18 Å². The van der Waals surface area contributed by atoms with Crippen LogP contribution in [0.1, 0.15) is 38.8 Å². The topological polar surface area (TPSA) is 49.8 Å². The van der Waals surface area contributed by atoms with E-state index >= 15 is 0 Å². The molecule has 2 N–H and O–H groups in total. The van der Waals surface area contributed by atoms with Gasteiger partial charge in [0.15, 0.2) is 5.69 Å². The van der Waals surface area contributed by atoms with E-state index in [9.17, 15) is 13.2 Å². The number of halogens is 3. The highest BCUT2D eigenvalue weighted by Crippen LogP contribution is 2.44. The van der Waals surface area contributed by atoms with Gasteiger partial charge in [0.1, 0.15) is 5.82 Å². The van der Waals surface area contributed by atoms with Gasteiger partial charge in [0, 0.05) is 19.2 Å². The van der Waals surface area contributed by atoms with Gasteiger partial charge in [0.05, 0.1) is 0 Å². The van der Waals surface area contributed by atoms with Crippen LogP contribution in [0.25, 0.3) is 0 Å². The van der Waals surface area contributed by atoms with Crippen LogP contribution in [0.15, 0.2) is 6.07 Å². The second-order valence-corrected chi connectivity index (χ2v) is 5.55. The minimum Gasteiger partial charge on any atom is -0.369 e. The van der Waals surface area contributed by atoms with Gasteiger partial charge in [-0.05, 0) is 24.7 Å². The Bertz CT molecular complexity index is 469. The normalized spacial score (nSPS) is 16.9. The fourth-order valence-corrected chi connectivity index (χ4v) is 1.69. The van der Waals surface area contributed by atoms with Gasteiger partial charge in [0.25, 0.3) is 0 Å². The summed E-state index contributed by atoms with van der Waals surface area (Å²) in [5.74, 6) is 0.240. The maximum Gasteiger partial charge on any atom is 0.433 e. The van der Waals surface area contributed by atoms with Crippen molar-refractivity contribution in [3.05, 3.63) is 11.8 Å². The van der Waals surface area contributed by atoms with Crippen LogP contribution in [0, 0.1) is 5.41 Å².